The molecule has 6 aliphatic rings. The number of nitrogens with one attached hydrogen (secondary N) is 9. The van der Waals surface area contributed by atoms with E-state index >= 15 is 0 Å². The number of carbonyl (C=O) groups excluding carboxylic acids is 3. The normalized spacial score (nSPS) is 23.2. The van der Waals surface area contributed by atoms with Crippen molar-refractivity contribution in [2.45, 2.75) is 133 Å². The zero-order valence-electron chi connectivity index (χ0n) is 68.2. The molecule has 0 radical (unpaired) electrons. The summed E-state index contributed by atoms with van der Waals surface area (Å²) >= 11 is 0. The number of hydrogen-bond acceptors (Lipinski definition) is 26. The van der Waals surface area contributed by atoms with E-state index in [9.17, 15) is 48.5 Å². The molecule has 12 N–H and O–H groups in total. The number of rotatable bonds is 28. The van der Waals surface area contributed by atoms with Crippen molar-refractivity contribution in [2.75, 3.05) is 55.2 Å². The van der Waals surface area contributed by atoms with Crippen LogP contribution in [0.4, 0.5) is 36.2 Å². The van der Waals surface area contributed by atoms with Gasteiger partial charge < -0.3 is 89.7 Å². The summed E-state index contributed by atoms with van der Waals surface area (Å²) in [6.45, 7) is 8.74. The SMILES string of the molecule is CCNC(=O)Nc1ncnc2c1ncn2C1CC(CNCc2ccccc2C(=O)O)C2O[C@H](/C=C/c3ccccc3)OC21.CCNC(=O)Nc1ncnc2c1ncn2C1OC(CNCc2c(F)cccc2C(=O)O)C2O[C@H](c3ccccc3)OC21.CCNC(=O)Nc1ncnc2c1ncn2C1OC(CNCc2ccccc2C(=O)O)C2O[C@H](c3ccccc3)OC21. The molecule has 1 saturated carbocycles. The fourth-order valence-corrected chi connectivity index (χ4v) is 16.2. The largest absolute Gasteiger partial charge is 0.478 e. The minimum Gasteiger partial charge on any atom is -0.478 e. The first-order valence-electron chi connectivity index (χ1n) is 41.0. The number of aromatic carboxylic acids is 3. The van der Waals surface area contributed by atoms with Crippen LogP contribution in [0, 0.1) is 11.7 Å². The highest BCUT2D eigenvalue weighted by molar-refractivity contribution is 5.98. The molecule has 126 heavy (non-hydrogen) atoms. The van der Waals surface area contributed by atoms with Gasteiger partial charge in [-0.2, -0.15) is 0 Å². The van der Waals surface area contributed by atoms with Gasteiger partial charge in [0.1, 0.15) is 67.5 Å². The molecule has 11 heterocycles. The first-order chi connectivity index (χ1) is 61.5. The van der Waals surface area contributed by atoms with E-state index in [1.807, 2.05) is 134 Å². The number of benzene rings is 6. The fraction of sp³-hybridized carbons (Fsp3) is 0.322. The molecule has 6 fully saturated rings. The summed E-state index contributed by atoms with van der Waals surface area (Å²) in [7, 11) is 0. The van der Waals surface area contributed by atoms with Crippen molar-refractivity contribution in [1.82, 2.24) is 90.5 Å². The predicted octanol–water partition coefficient (Wildman–Crippen LogP) is 9.65. The summed E-state index contributed by atoms with van der Waals surface area (Å²) in [4.78, 5) is 111. The average Bonchev–Trinajstić information content (AvgIpc) is 1.60. The Kier molecular flexibility index (Phi) is 27.0. The molecule has 39 heteroatoms. The van der Waals surface area contributed by atoms with Crippen molar-refractivity contribution in [3.05, 3.63) is 258 Å². The molecule has 5 aliphatic heterocycles. The molecule has 6 aromatic heterocycles. The van der Waals surface area contributed by atoms with Crippen LogP contribution in [0.5, 0.6) is 0 Å². The predicted molar refractivity (Wildman–Crippen MR) is 451 cm³/mol. The van der Waals surface area contributed by atoms with Gasteiger partial charge in [-0.15, -0.1) is 0 Å². The van der Waals surface area contributed by atoms with E-state index in [0.717, 1.165) is 22.3 Å². The van der Waals surface area contributed by atoms with Crippen molar-refractivity contribution in [3.8, 4) is 0 Å². The molecule has 6 aromatic carbocycles. The second-order valence-corrected chi connectivity index (χ2v) is 29.9. The highest BCUT2D eigenvalue weighted by atomic mass is 19.1. The van der Waals surface area contributed by atoms with Gasteiger partial charge in [0.15, 0.2) is 82.3 Å². The second-order valence-electron chi connectivity index (χ2n) is 29.9. The number of urea groups is 3. The van der Waals surface area contributed by atoms with Crippen molar-refractivity contribution >= 4 is 93.0 Å². The third-order valence-electron chi connectivity index (χ3n) is 21.9. The number of carbonyl (C=O) groups is 6. The van der Waals surface area contributed by atoms with E-state index in [-0.39, 0.29) is 77.2 Å². The molecule has 6 amide bonds. The van der Waals surface area contributed by atoms with Crippen molar-refractivity contribution in [1.29, 1.82) is 0 Å². The Labute approximate surface area is 718 Å². The van der Waals surface area contributed by atoms with Crippen molar-refractivity contribution in [3.63, 3.8) is 0 Å². The van der Waals surface area contributed by atoms with E-state index in [1.54, 1.807) is 65.1 Å². The van der Waals surface area contributed by atoms with E-state index in [4.69, 9.17) is 37.9 Å². The smallest absolute Gasteiger partial charge is 0.336 e. The zero-order chi connectivity index (χ0) is 87.3. The number of anilines is 3. The van der Waals surface area contributed by atoms with Crippen LogP contribution in [0.1, 0.15) is 123 Å². The number of amides is 6. The minimum atomic E-state index is -1.21. The minimum absolute atomic E-state index is 0.0325. The number of imidazole rings is 3. The van der Waals surface area contributed by atoms with Gasteiger partial charge in [-0.25, -0.2) is 78.0 Å². The molecule has 1 aliphatic carbocycles. The maximum Gasteiger partial charge on any atom is 0.336 e. The monoisotopic (exact) mass is 1720 g/mol. The lowest BCUT2D eigenvalue weighted by molar-refractivity contribution is -0.146. The summed E-state index contributed by atoms with van der Waals surface area (Å²) in [5, 5.41) is 54.6. The first-order valence-corrected chi connectivity index (χ1v) is 41.0. The Balaban J connectivity index is 0.000000139. The third kappa shape index (κ3) is 19.1. The molecular formula is C87H90FN21O17. The summed E-state index contributed by atoms with van der Waals surface area (Å²) < 4.78 is 71.2. The Morgan fingerprint density at radius 3 is 1.29 bits per heavy atom. The highest BCUT2D eigenvalue weighted by Gasteiger charge is 2.56. The Morgan fingerprint density at radius 1 is 0.421 bits per heavy atom. The number of carboxylic acids is 3. The van der Waals surface area contributed by atoms with Crippen LogP contribution in [0.2, 0.25) is 0 Å². The fourth-order valence-electron chi connectivity index (χ4n) is 16.2. The van der Waals surface area contributed by atoms with E-state index in [0.29, 0.717) is 97.1 Å². The van der Waals surface area contributed by atoms with Crippen LogP contribution in [0.15, 0.2) is 202 Å². The lowest BCUT2D eigenvalue weighted by atomic mass is 10.0. The van der Waals surface area contributed by atoms with Gasteiger partial charge in [0.25, 0.3) is 0 Å². The number of halogens is 1. The quantitative estimate of drug-likeness (QED) is 0.0217. The lowest BCUT2D eigenvalue weighted by Gasteiger charge is -2.22. The molecule has 15 atom stereocenters. The highest BCUT2D eigenvalue weighted by Crippen LogP contribution is 2.49. The molecule has 0 spiro atoms. The zero-order valence-corrected chi connectivity index (χ0v) is 68.2. The van der Waals surface area contributed by atoms with E-state index in [1.165, 1.54) is 43.5 Å². The molecule has 38 nitrogen and oxygen atoms in total. The van der Waals surface area contributed by atoms with Crippen molar-refractivity contribution < 1.29 is 86.4 Å². The Hall–Kier alpha value is -13.6. The molecule has 12 unspecified atom stereocenters. The van der Waals surface area contributed by atoms with Gasteiger partial charge in [0.2, 0.25) is 0 Å². The molecule has 0 bridgehead atoms. The van der Waals surface area contributed by atoms with Gasteiger partial charge in [-0.3, -0.25) is 25.1 Å². The van der Waals surface area contributed by atoms with Gasteiger partial charge in [-0.05, 0) is 74.2 Å². The number of hydrogen-bond donors (Lipinski definition) is 12. The summed E-state index contributed by atoms with van der Waals surface area (Å²) in [6, 6.07) is 45.6. The summed E-state index contributed by atoms with van der Waals surface area (Å²) in [6.07, 6.45) is 6.89. The van der Waals surface area contributed by atoms with Crippen LogP contribution < -0.4 is 47.9 Å². The average molecular weight is 1720 g/mol. The number of carboxylic acid groups (broad SMARTS) is 3. The van der Waals surface area contributed by atoms with E-state index in [2.05, 4.69) is 92.7 Å². The van der Waals surface area contributed by atoms with E-state index < -0.39 is 104 Å². The molecular weight excluding hydrogens is 1630 g/mol. The summed E-state index contributed by atoms with van der Waals surface area (Å²) in [5.74, 6) is -2.85. The molecule has 5 saturated heterocycles. The number of fused-ring (bicyclic) bond motifs is 6. The number of aromatic nitrogens is 12. The van der Waals surface area contributed by atoms with Crippen LogP contribution in [-0.4, -0.2) is 204 Å². The molecule has 652 valence electrons. The van der Waals surface area contributed by atoms with Crippen LogP contribution in [0.25, 0.3) is 39.6 Å². The maximum atomic E-state index is 14.5. The first kappa shape index (κ1) is 86.0. The van der Waals surface area contributed by atoms with Crippen LogP contribution in [0.3, 0.4) is 0 Å². The van der Waals surface area contributed by atoms with Crippen LogP contribution in [-0.2, 0) is 57.5 Å². The third-order valence-corrected chi connectivity index (χ3v) is 21.9. The Bertz CT molecular complexity index is 5900. The van der Waals surface area contributed by atoms with Gasteiger partial charge in [0, 0.05) is 81.5 Å². The maximum absolute atomic E-state index is 14.5. The number of nitrogens with zero attached hydrogens (tertiary/aromatic N) is 12. The lowest BCUT2D eigenvalue weighted by Crippen LogP contribution is -2.36. The number of ether oxygens (including phenoxy) is 8. The molecule has 18 rings (SSSR count). The van der Waals surface area contributed by atoms with Crippen LogP contribution >= 0.6 is 0 Å². The molecule has 12 aromatic rings. The van der Waals surface area contributed by atoms with Gasteiger partial charge in [-0.1, -0.05) is 140 Å². The second kappa shape index (κ2) is 39.5. The Morgan fingerprint density at radius 2 is 0.825 bits per heavy atom. The topological polar surface area (TPSA) is 476 Å². The standard InChI is InChI=1S/C31H33N7O5.C28H28FN7O6.C28H29N7O6/c1-2-33-31(41)37-28-25-29(35-17-34-28)38(18-36-25)23-14-21(16-32-15-20-10-6-7-11-22(20)30(39)40)26-27(23)43-24(42-26)13-12-19-8-4-3-5-9-19;1-2-31-28(39)35-23-20-24(33-13-32-23)36(14-34-20)25-22-21(41-27(42-22)15-7-4-3-5-8-15)19(40-25)12-30-11-17-16(26(37)38)9-6-10-18(17)29;1-2-30-28(38)34-23-20-24(32-14-31-23)35(15-33-20)25-22-21(40-27(41-22)16-8-4-3-5-9-16)19(39-25)13-29-12-17-10-6-7-11-18(17)26(36)37/h3-13,17-18,21,23-24,26-27,32H,2,14-16H2,1H3,(H,39,40)(H2,33,34,35,37,41);3-10,13-14,19,21-22,25,27,30H,2,11-12H2,1H3,(H,37,38)(H2,31,32,33,35,39);3-11,14-15,19,21-22,25,27,29H,2,12-13H2,1H3,(H,36,37)(H2,30,31,32,34,38)/b13-12+;;/t21?,23?,24-,26?,27?;2*19?,21?,22?,25?,27-/m000/s1. The van der Waals surface area contributed by atoms with Crippen molar-refractivity contribution in [2.24, 2.45) is 5.92 Å². The van der Waals surface area contributed by atoms with Gasteiger partial charge >= 0.3 is 36.0 Å². The summed E-state index contributed by atoms with van der Waals surface area (Å²) in [5.41, 5.74) is 7.33. The van der Waals surface area contributed by atoms with Gasteiger partial charge in [0.05, 0.1) is 47.8 Å².